The van der Waals surface area contributed by atoms with Crippen molar-refractivity contribution in [3.63, 3.8) is 0 Å². The zero-order chi connectivity index (χ0) is 18.5. The molecule has 136 valence electrons. The molecule has 2 aromatic carbocycles. The second-order valence-electron chi connectivity index (χ2n) is 6.40. The molecule has 0 spiro atoms. The van der Waals surface area contributed by atoms with Gasteiger partial charge in [0, 0.05) is 43.2 Å². The predicted molar refractivity (Wildman–Crippen MR) is 105 cm³/mol. The standard InChI is InChI=1S/C22H21N3O2/c26-21(23-13-15-25-14-12-17-6-4-5-9-19(17)25)10-11-22-24-16-20(27-22)18-7-2-1-3-8-18/h1-9,12,14,16H,10-11,13,15H2,(H,23,26). The van der Waals surface area contributed by atoms with Crippen molar-refractivity contribution in [2.75, 3.05) is 6.54 Å². The summed E-state index contributed by atoms with van der Waals surface area (Å²) in [5, 5.41) is 4.18. The largest absolute Gasteiger partial charge is 0.441 e. The van der Waals surface area contributed by atoms with Crippen LogP contribution in [-0.2, 0) is 17.8 Å². The molecule has 0 saturated carbocycles. The average Bonchev–Trinajstić information content (AvgIpc) is 3.35. The number of rotatable bonds is 7. The maximum absolute atomic E-state index is 12.1. The summed E-state index contributed by atoms with van der Waals surface area (Å²) >= 11 is 0. The van der Waals surface area contributed by atoms with Crippen LogP contribution < -0.4 is 5.32 Å². The third kappa shape index (κ3) is 4.08. The first-order valence-corrected chi connectivity index (χ1v) is 9.10. The van der Waals surface area contributed by atoms with Crippen LogP contribution in [0.2, 0.25) is 0 Å². The molecule has 0 fully saturated rings. The zero-order valence-electron chi connectivity index (χ0n) is 15.0. The van der Waals surface area contributed by atoms with Crippen molar-refractivity contribution in [2.24, 2.45) is 0 Å². The van der Waals surface area contributed by atoms with Crippen molar-refractivity contribution in [1.29, 1.82) is 0 Å². The van der Waals surface area contributed by atoms with Crippen LogP contribution in [0.25, 0.3) is 22.2 Å². The Kier molecular flexibility index (Phi) is 5.01. The van der Waals surface area contributed by atoms with Gasteiger partial charge < -0.3 is 14.3 Å². The zero-order valence-corrected chi connectivity index (χ0v) is 15.0. The fraction of sp³-hybridized carbons (Fsp3) is 0.182. The molecule has 2 heterocycles. The molecule has 0 bridgehead atoms. The second kappa shape index (κ2) is 7.91. The minimum Gasteiger partial charge on any atom is -0.441 e. The highest BCUT2D eigenvalue weighted by Crippen LogP contribution is 2.20. The van der Waals surface area contributed by atoms with Crippen LogP contribution in [0.15, 0.2) is 77.5 Å². The van der Waals surface area contributed by atoms with E-state index in [1.54, 1.807) is 6.20 Å². The Hall–Kier alpha value is -3.34. The third-order valence-electron chi connectivity index (χ3n) is 4.53. The molecule has 0 unspecified atom stereocenters. The van der Waals surface area contributed by atoms with E-state index in [2.05, 4.69) is 39.3 Å². The maximum atomic E-state index is 12.1. The van der Waals surface area contributed by atoms with E-state index in [-0.39, 0.29) is 5.91 Å². The van der Waals surface area contributed by atoms with Gasteiger partial charge >= 0.3 is 0 Å². The summed E-state index contributed by atoms with van der Waals surface area (Å²) in [7, 11) is 0. The van der Waals surface area contributed by atoms with Gasteiger partial charge in [-0.2, -0.15) is 0 Å². The molecule has 5 nitrogen and oxygen atoms in total. The first-order valence-electron chi connectivity index (χ1n) is 9.10. The topological polar surface area (TPSA) is 60.1 Å². The Balaban J connectivity index is 1.25. The molecular weight excluding hydrogens is 338 g/mol. The molecule has 4 rings (SSSR count). The summed E-state index contributed by atoms with van der Waals surface area (Å²) in [6.45, 7) is 1.34. The maximum Gasteiger partial charge on any atom is 0.220 e. The van der Waals surface area contributed by atoms with Crippen molar-refractivity contribution < 1.29 is 9.21 Å². The number of aryl methyl sites for hydroxylation is 1. The van der Waals surface area contributed by atoms with Crippen LogP contribution in [0.5, 0.6) is 0 Å². The van der Waals surface area contributed by atoms with Gasteiger partial charge in [0.25, 0.3) is 0 Å². The van der Waals surface area contributed by atoms with E-state index in [4.69, 9.17) is 4.42 Å². The van der Waals surface area contributed by atoms with Crippen LogP contribution in [0.1, 0.15) is 12.3 Å². The lowest BCUT2D eigenvalue weighted by Gasteiger charge is -2.07. The highest BCUT2D eigenvalue weighted by atomic mass is 16.4. The number of para-hydroxylation sites is 1. The molecule has 0 atom stereocenters. The number of oxazole rings is 1. The van der Waals surface area contributed by atoms with Crippen molar-refractivity contribution in [1.82, 2.24) is 14.9 Å². The Morgan fingerprint density at radius 3 is 2.74 bits per heavy atom. The molecular formula is C22H21N3O2. The summed E-state index contributed by atoms with van der Waals surface area (Å²) in [6.07, 6.45) is 4.61. The van der Waals surface area contributed by atoms with Gasteiger partial charge in [0.15, 0.2) is 11.7 Å². The fourth-order valence-corrected chi connectivity index (χ4v) is 3.12. The third-order valence-corrected chi connectivity index (χ3v) is 4.53. The number of carbonyl (C=O) groups is 1. The van der Waals surface area contributed by atoms with E-state index in [1.807, 2.05) is 42.5 Å². The van der Waals surface area contributed by atoms with Gasteiger partial charge in [0.1, 0.15) is 0 Å². The number of hydrogen-bond donors (Lipinski definition) is 1. The van der Waals surface area contributed by atoms with Crippen LogP contribution >= 0.6 is 0 Å². The van der Waals surface area contributed by atoms with Crippen LogP contribution in [0, 0.1) is 0 Å². The molecule has 1 amide bonds. The minimum atomic E-state index is 0.00548. The Labute approximate surface area is 157 Å². The number of nitrogens with zero attached hydrogens (tertiary/aromatic N) is 2. The molecule has 5 heteroatoms. The summed E-state index contributed by atoms with van der Waals surface area (Å²) in [4.78, 5) is 16.4. The van der Waals surface area contributed by atoms with E-state index < -0.39 is 0 Å². The second-order valence-corrected chi connectivity index (χ2v) is 6.40. The summed E-state index contributed by atoms with van der Waals surface area (Å²) in [5.74, 6) is 1.32. The molecule has 0 aliphatic heterocycles. The summed E-state index contributed by atoms with van der Waals surface area (Å²) in [5.41, 5.74) is 2.17. The molecule has 0 aliphatic carbocycles. The van der Waals surface area contributed by atoms with Crippen molar-refractivity contribution >= 4 is 16.8 Å². The molecule has 0 radical (unpaired) electrons. The number of carbonyl (C=O) groups excluding carboxylic acids is 1. The summed E-state index contributed by atoms with van der Waals surface area (Å²) < 4.78 is 7.89. The number of aromatic nitrogens is 2. The quantitative estimate of drug-likeness (QED) is 0.542. The highest BCUT2D eigenvalue weighted by molar-refractivity contribution is 5.80. The van der Waals surface area contributed by atoms with Gasteiger partial charge in [-0.1, -0.05) is 48.5 Å². The van der Waals surface area contributed by atoms with E-state index in [9.17, 15) is 4.79 Å². The van der Waals surface area contributed by atoms with Crippen molar-refractivity contribution in [2.45, 2.75) is 19.4 Å². The van der Waals surface area contributed by atoms with Crippen molar-refractivity contribution in [3.8, 4) is 11.3 Å². The Morgan fingerprint density at radius 2 is 1.85 bits per heavy atom. The lowest BCUT2D eigenvalue weighted by molar-refractivity contribution is -0.121. The summed E-state index contributed by atoms with van der Waals surface area (Å²) in [6, 6.07) is 20.1. The monoisotopic (exact) mass is 359 g/mol. The van der Waals surface area contributed by atoms with Gasteiger partial charge in [-0.25, -0.2) is 4.98 Å². The number of benzene rings is 2. The molecule has 0 aliphatic rings. The molecule has 1 N–H and O–H groups in total. The van der Waals surface area contributed by atoms with Gasteiger partial charge in [-0.3, -0.25) is 4.79 Å². The SMILES string of the molecule is O=C(CCc1ncc(-c2ccccc2)o1)NCCn1ccc2ccccc21. The van der Waals surface area contributed by atoms with Gasteiger partial charge in [-0.15, -0.1) is 0 Å². The lowest BCUT2D eigenvalue weighted by Crippen LogP contribution is -2.27. The first-order chi connectivity index (χ1) is 13.3. The minimum absolute atomic E-state index is 0.00548. The van der Waals surface area contributed by atoms with Crippen molar-refractivity contribution in [3.05, 3.63) is 78.9 Å². The molecule has 4 aromatic rings. The van der Waals surface area contributed by atoms with E-state index >= 15 is 0 Å². The van der Waals surface area contributed by atoms with Crippen LogP contribution in [0.4, 0.5) is 0 Å². The molecule has 27 heavy (non-hydrogen) atoms. The first kappa shape index (κ1) is 17.1. The van der Waals surface area contributed by atoms with Gasteiger partial charge in [0.2, 0.25) is 5.91 Å². The number of fused-ring (bicyclic) bond motifs is 1. The fourth-order valence-electron chi connectivity index (χ4n) is 3.12. The number of hydrogen-bond acceptors (Lipinski definition) is 3. The van der Waals surface area contributed by atoms with Crippen LogP contribution in [-0.4, -0.2) is 22.0 Å². The van der Waals surface area contributed by atoms with E-state index in [0.717, 1.165) is 17.9 Å². The normalized spacial score (nSPS) is 11.0. The highest BCUT2D eigenvalue weighted by Gasteiger charge is 2.09. The Bertz CT molecular complexity index is 1030. The smallest absolute Gasteiger partial charge is 0.220 e. The molecule has 2 aromatic heterocycles. The van der Waals surface area contributed by atoms with Gasteiger partial charge in [-0.05, 0) is 17.5 Å². The average molecular weight is 359 g/mol. The Morgan fingerprint density at radius 1 is 1.04 bits per heavy atom. The number of nitrogens with one attached hydrogen (secondary N) is 1. The molecule has 0 saturated heterocycles. The predicted octanol–water partition coefficient (Wildman–Crippen LogP) is 4.05. The van der Waals surface area contributed by atoms with E-state index in [0.29, 0.717) is 25.3 Å². The lowest BCUT2D eigenvalue weighted by atomic mass is 10.2. The van der Waals surface area contributed by atoms with Gasteiger partial charge in [0.05, 0.1) is 6.20 Å². The van der Waals surface area contributed by atoms with E-state index in [1.165, 1.54) is 10.9 Å². The van der Waals surface area contributed by atoms with Crippen LogP contribution in [0.3, 0.4) is 0 Å². The number of amides is 1.